The van der Waals surface area contributed by atoms with Gasteiger partial charge in [-0.2, -0.15) is 0 Å². The maximum absolute atomic E-state index is 10.1. The summed E-state index contributed by atoms with van der Waals surface area (Å²) in [5, 5.41) is 12.4. The smallest absolute Gasteiger partial charge is 0.137 e. The van der Waals surface area contributed by atoms with E-state index in [2.05, 4.69) is 12.2 Å². The maximum atomic E-state index is 10.1. The van der Waals surface area contributed by atoms with E-state index in [4.69, 9.17) is 0 Å². The molecule has 1 saturated heterocycles. The summed E-state index contributed by atoms with van der Waals surface area (Å²) in [6.45, 7) is 6.76. The highest BCUT2D eigenvalue weighted by Gasteiger charge is 2.28. The molecule has 1 aliphatic heterocycles. The van der Waals surface area contributed by atoms with Crippen LogP contribution in [-0.4, -0.2) is 37.3 Å². The fourth-order valence-corrected chi connectivity index (χ4v) is 3.00. The highest BCUT2D eigenvalue weighted by atomic mass is 16.3. The van der Waals surface area contributed by atoms with Crippen molar-refractivity contribution in [1.29, 1.82) is 0 Å². The van der Waals surface area contributed by atoms with Crippen LogP contribution in [0.2, 0.25) is 0 Å². The van der Waals surface area contributed by atoms with Crippen LogP contribution in [0.15, 0.2) is 30.3 Å². The van der Waals surface area contributed by atoms with Gasteiger partial charge in [-0.25, -0.2) is 0 Å². The quantitative estimate of drug-likeness (QED) is 0.617. The summed E-state index contributed by atoms with van der Waals surface area (Å²) in [7, 11) is 0. The van der Waals surface area contributed by atoms with Crippen LogP contribution in [0.5, 0.6) is 0 Å². The van der Waals surface area contributed by atoms with E-state index >= 15 is 0 Å². The van der Waals surface area contributed by atoms with Crippen molar-refractivity contribution >= 4 is 0 Å². The Hall–Kier alpha value is -0.900. The van der Waals surface area contributed by atoms with E-state index in [1.54, 1.807) is 4.90 Å². The number of hydrogen-bond acceptors (Lipinski definition) is 1. The number of likely N-dealkylation sites (N-methyl/N-ethyl adjacent to an activating group) is 1. The van der Waals surface area contributed by atoms with Gasteiger partial charge in [-0.1, -0.05) is 30.3 Å². The standard InChI is InChI=1S/C15H24N2O/c1-2-17-10-6-9-14(17)11-16-12-15(18)13-7-4-3-5-8-13/h3-5,7-8,14-16,18H,2,6,9-12H2,1H3/p+2/t14-,15+/m1/s1. The molecule has 2 rings (SSSR count). The van der Waals surface area contributed by atoms with Crippen molar-refractivity contribution in [2.45, 2.75) is 31.9 Å². The van der Waals surface area contributed by atoms with E-state index in [0.717, 1.165) is 24.7 Å². The van der Waals surface area contributed by atoms with Crippen molar-refractivity contribution in [3.8, 4) is 0 Å². The van der Waals surface area contributed by atoms with Crippen molar-refractivity contribution < 1.29 is 15.3 Å². The zero-order valence-corrected chi connectivity index (χ0v) is 11.3. The molecule has 1 aliphatic rings. The number of rotatable bonds is 6. The van der Waals surface area contributed by atoms with Gasteiger partial charge in [0.05, 0.1) is 13.1 Å². The average molecular weight is 250 g/mol. The Morgan fingerprint density at radius 1 is 1.39 bits per heavy atom. The molecule has 0 saturated carbocycles. The van der Waals surface area contributed by atoms with Crippen LogP contribution in [0.1, 0.15) is 31.4 Å². The largest absolute Gasteiger partial charge is 0.382 e. The predicted octanol–water partition coefficient (Wildman–Crippen LogP) is -0.649. The number of likely N-dealkylation sites (tertiary alicyclic amines) is 1. The first-order chi connectivity index (χ1) is 8.81. The topological polar surface area (TPSA) is 41.3 Å². The van der Waals surface area contributed by atoms with Crippen molar-refractivity contribution in [2.75, 3.05) is 26.2 Å². The molecule has 1 heterocycles. The zero-order valence-electron chi connectivity index (χ0n) is 11.3. The monoisotopic (exact) mass is 250 g/mol. The van der Waals surface area contributed by atoms with Crippen molar-refractivity contribution in [1.82, 2.24) is 0 Å². The Morgan fingerprint density at radius 3 is 2.89 bits per heavy atom. The van der Waals surface area contributed by atoms with Crippen LogP contribution >= 0.6 is 0 Å². The highest BCUT2D eigenvalue weighted by Crippen LogP contribution is 2.08. The Bertz CT molecular complexity index is 342. The number of nitrogens with one attached hydrogen (secondary N) is 1. The SMILES string of the molecule is CC[NH+]1CCC[C@@H]1C[NH2+]C[C@H](O)c1ccccc1. The Labute approximate surface area is 110 Å². The van der Waals surface area contributed by atoms with Crippen LogP contribution in [0.4, 0.5) is 0 Å². The van der Waals surface area contributed by atoms with Gasteiger partial charge in [0, 0.05) is 12.8 Å². The molecule has 0 radical (unpaired) electrons. The number of benzene rings is 1. The van der Waals surface area contributed by atoms with Gasteiger partial charge in [-0.15, -0.1) is 0 Å². The molecule has 4 N–H and O–H groups in total. The third-order valence-electron chi connectivity index (χ3n) is 4.11. The second-order valence-corrected chi connectivity index (χ2v) is 5.29. The zero-order chi connectivity index (χ0) is 12.8. The normalized spacial score (nSPS) is 25.2. The molecule has 0 aliphatic carbocycles. The lowest BCUT2D eigenvalue weighted by atomic mass is 10.1. The Kier molecular flexibility index (Phi) is 5.17. The minimum absolute atomic E-state index is 0.335. The maximum Gasteiger partial charge on any atom is 0.137 e. The first-order valence-corrected chi connectivity index (χ1v) is 7.20. The van der Waals surface area contributed by atoms with E-state index in [1.165, 1.54) is 25.9 Å². The van der Waals surface area contributed by atoms with Gasteiger partial charge >= 0.3 is 0 Å². The van der Waals surface area contributed by atoms with Gasteiger partial charge in [0.25, 0.3) is 0 Å². The number of nitrogens with two attached hydrogens (primary N) is 1. The molecule has 0 spiro atoms. The molecule has 3 nitrogen and oxygen atoms in total. The lowest BCUT2D eigenvalue weighted by molar-refractivity contribution is -0.924. The first-order valence-electron chi connectivity index (χ1n) is 7.20. The number of aliphatic hydroxyl groups excluding tert-OH is 1. The molecule has 100 valence electrons. The summed E-state index contributed by atoms with van der Waals surface area (Å²) in [6, 6.07) is 10.7. The van der Waals surface area contributed by atoms with Crippen LogP contribution in [0.25, 0.3) is 0 Å². The summed E-state index contributed by atoms with van der Waals surface area (Å²) < 4.78 is 0. The van der Waals surface area contributed by atoms with Gasteiger partial charge in [0.2, 0.25) is 0 Å². The number of hydrogen-bond donors (Lipinski definition) is 3. The first kappa shape index (κ1) is 13.5. The molecule has 1 fully saturated rings. The van der Waals surface area contributed by atoms with Gasteiger partial charge in [-0.05, 0) is 12.5 Å². The Balaban J connectivity index is 1.72. The highest BCUT2D eigenvalue weighted by molar-refractivity contribution is 5.16. The minimum atomic E-state index is -0.335. The number of aliphatic hydroxyl groups is 1. The lowest BCUT2D eigenvalue weighted by Crippen LogP contribution is -3.16. The van der Waals surface area contributed by atoms with E-state index in [9.17, 15) is 5.11 Å². The molecule has 1 unspecified atom stereocenters. The molecule has 3 heteroatoms. The average Bonchev–Trinajstić information content (AvgIpc) is 2.87. The van der Waals surface area contributed by atoms with Crippen molar-refractivity contribution in [2.24, 2.45) is 0 Å². The summed E-state index contributed by atoms with van der Waals surface area (Å²) in [6.07, 6.45) is 2.38. The van der Waals surface area contributed by atoms with E-state index in [0.29, 0.717) is 0 Å². The van der Waals surface area contributed by atoms with Crippen LogP contribution in [0, 0.1) is 0 Å². The molecule has 3 atom stereocenters. The van der Waals surface area contributed by atoms with Gasteiger partial charge in [0.15, 0.2) is 0 Å². The molecular weight excluding hydrogens is 224 g/mol. The fourth-order valence-electron chi connectivity index (χ4n) is 3.00. The lowest BCUT2D eigenvalue weighted by Gasteiger charge is -2.19. The summed E-state index contributed by atoms with van der Waals surface area (Å²) in [4.78, 5) is 1.74. The summed E-state index contributed by atoms with van der Waals surface area (Å²) >= 11 is 0. The van der Waals surface area contributed by atoms with Crippen LogP contribution < -0.4 is 10.2 Å². The third-order valence-corrected chi connectivity index (χ3v) is 4.11. The molecule has 1 aromatic rings. The second kappa shape index (κ2) is 6.88. The second-order valence-electron chi connectivity index (χ2n) is 5.29. The van der Waals surface area contributed by atoms with Crippen LogP contribution in [-0.2, 0) is 0 Å². The molecule has 0 aromatic heterocycles. The number of quaternary nitrogens is 2. The summed E-state index contributed by atoms with van der Waals surface area (Å²) in [5.74, 6) is 0. The molecule has 1 aromatic carbocycles. The molecule has 0 bridgehead atoms. The molecular formula is C15H26N2O+2. The van der Waals surface area contributed by atoms with Gasteiger partial charge in [0.1, 0.15) is 25.2 Å². The molecule has 0 amide bonds. The molecule has 18 heavy (non-hydrogen) atoms. The van der Waals surface area contributed by atoms with Gasteiger partial charge in [-0.3, -0.25) is 0 Å². The van der Waals surface area contributed by atoms with Crippen molar-refractivity contribution in [3.05, 3.63) is 35.9 Å². The third kappa shape index (κ3) is 3.55. The Morgan fingerprint density at radius 2 is 2.17 bits per heavy atom. The summed E-state index contributed by atoms with van der Waals surface area (Å²) in [5.41, 5.74) is 1.03. The predicted molar refractivity (Wildman–Crippen MR) is 72.5 cm³/mol. The van der Waals surface area contributed by atoms with Gasteiger partial charge < -0.3 is 15.3 Å². The van der Waals surface area contributed by atoms with E-state index in [1.807, 2.05) is 30.3 Å². The fraction of sp³-hybridized carbons (Fsp3) is 0.600. The van der Waals surface area contributed by atoms with Crippen molar-refractivity contribution in [3.63, 3.8) is 0 Å². The minimum Gasteiger partial charge on any atom is -0.382 e. The van der Waals surface area contributed by atoms with E-state index < -0.39 is 0 Å². The van der Waals surface area contributed by atoms with E-state index in [-0.39, 0.29) is 6.10 Å². The van der Waals surface area contributed by atoms with Crippen LogP contribution in [0.3, 0.4) is 0 Å².